The van der Waals surface area contributed by atoms with E-state index < -0.39 is 16.1 Å². The molecular formula is C16H20N6O4S. The van der Waals surface area contributed by atoms with Gasteiger partial charge < -0.3 is 14.2 Å². The van der Waals surface area contributed by atoms with Crippen molar-refractivity contribution in [1.29, 1.82) is 0 Å². The molecule has 4 heterocycles. The number of ether oxygens (including phenoxy) is 1. The minimum Gasteiger partial charge on any atom is -0.464 e. The number of carbonyl (C=O) groups excluding carboxylic acids is 1. The number of aromatic nitrogens is 4. The molecule has 0 saturated carbocycles. The van der Waals surface area contributed by atoms with Crippen molar-refractivity contribution >= 4 is 15.9 Å². The first-order valence-corrected chi connectivity index (χ1v) is 9.92. The van der Waals surface area contributed by atoms with E-state index in [2.05, 4.69) is 15.0 Å². The third-order valence-electron chi connectivity index (χ3n) is 5.06. The Kier molecular flexibility index (Phi) is 4.15. The van der Waals surface area contributed by atoms with E-state index in [0.717, 1.165) is 0 Å². The van der Waals surface area contributed by atoms with E-state index in [-0.39, 0.29) is 36.0 Å². The largest absolute Gasteiger partial charge is 0.464 e. The smallest absolute Gasteiger partial charge is 0.264 e. The molecule has 27 heavy (non-hydrogen) atoms. The second-order valence-corrected chi connectivity index (χ2v) is 8.75. The topological polar surface area (TPSA) is 111 Å². The summed E-state index contributed by atoms with van der Waals surface area (Å²) in [5.41, 5.74) is 0. The molecule has 0 N–H and O–H groups in total. The molecule has 11 heteroatoms. The normalized spacial score (nSPS) is 25.8. The van der Waals surface area contributed by atoms with Crippen LogP contribution in [0, 0.1) is 12.8 Å². The van der Waals surface area contributed by atoms with Crippen LogP contribution in [-0.4, -0.2) is 75.3 Å². The van der Waals surface area contributed by atoms with Crippen LogP contribution in [0.3, 0.4) is 0 Å². The SMILES string of the molecule is Cc1nccc(O[C@@H]2C(=O)N(C)[C@@H]3CN(S(=O)(=O)c4cn(C)cn4)C[C@H]23)n1. The Morgan fingerprint density at radius 2 is 2.00 bits per heavy atom. The highest BCUT2D eigenvalue weighted by Gasteiger charge is 2.55. The highest BCUT2D eigenvalue weighted by molar-refractivity contribution is 7.89. The van der Waals surface area contributed by atoms with Crippen LogP contribution in [0.4, 0.5) is 0 Å². The summed E-state index contributed by atoms with van der Waals surface area (Å²) in [7, 11) is -0.336. The predicted octanol–water partition coefficient (Wildman–Crippen LogP) is -0.573. The van der Waals surface area contributed by atoms with Gasteiger partial charge in [-0.1, -0.05) is 0 Å². The van der Waals surface area contributed by atoms with Gasteiger partial charge in [-0.3, -0.25) is 4.79 Å². The van der Waals surface area contributed by atoms with Gasteiger partial charge in [0.15, 0.2) is 11.1 Å². The van der Waals surface area contributed by atoms with Crippen LogP contribution >= 0.6 is 0 Å². The van der Waals surface area contributed by atoms with Crippen molar-refractivity contribution in [3.05, 3.63) is 30.6 Å². The lowest BCUT2D eigenvalue weighted by Gasteiger charge is -2.21. The third-order valence-corrected chi connectivity index (χ3v) is 6.78. The van der Waals surface area contributed by atoms with Crippen LogP contribution in [0.15, 0.2) is 29.8 Å². The van der Waals surface area contributed by atoms with Gasteiger partial charge in [0.05, 0.1) is 12.4 Å². The Balaban J connectivity index is 1.58. The standard InChI is InChI=1S/C16H20N6O4S/c1-10-17-5-4-13(19-10)26-15-11-6-22(7-12(11)21(3)16(15)23)27(24,25)14-8-20(2)9-18-14/h4-5,8-9,11-12,15H,6-7H2,1-3H3/t11-,12+,15-/m0/s1. The molecule has 0 aliphatic carbocycles. The molecule has 3 atom stereocenters. The van der Waals surface area contributed by atoms with Crippen LogP contribution in [-0.2, 0) is 21.9 Å². The van der Waals surface area contributed by atoms with E-state index >= 15 is 0 Å². The first-order chi connectivity index (χ1) is 12.8. The number of carbonyl (C=O) groups is 1. The minimum absolute atomic E-state index is 0.00264. The van der Waals surface area contributed by atoms with Gasteiger partial charge in [-0.2, -0.15) is 9.29 Å². The van der Waals surface area contributed by atoms with Gasteiger partial charge in [-0.05, 0) is 6.92 Å². The minimum atomic E-state index is -3.72. The molecule has 0 bridgehead atoms. The maximum atomic E-state index is 12.9. The summed E-state index contributed by atoms with van der Waals surface area (Å²) in [6.07, 6.45) is 3.70. The van der Waals surface area contributed by atoms with Crippen molar-refractivity contribution in [2.75, 3.05) is 20.1 Å². The zero-order valence-electron chi connectivity index (χ0n) is 15.2. The average molecular weight is 392 g/mol. The van der Waals surface area contributed by atoms with Gasteiger partial charge >= 0.3 is 0 Å². The number of sulfonamides is 1. The fraction of sp³-hybridized carbons (Fsp3) is 0.500. The molecule has 10 nitrogen and oxygen atoms in total. The van der Waals surface area contributed by atoms with E-state index in [1.165, 1.54) is 16.8 Å². The Labute approximate surface area is 156 Å². The number of imidazole rings is 1. The summed E-state index contributed by atoms with van der Waals surface area (Å²) in [6.45, 7) is 2.14. The maximum Gasteiger partial charge on any atom is 0.264 e. The molecule has 2 aliphatic rings. The number of hydrogen-bond acceptors (Lipinski definition) is 7. The summed E-state index contributed by atoms with van der Waals surface area (Å²) < 4.78 is 34.5. The Bertz CT molecular complexity index is 990. The highest BCUT2D eigenvalue weighted by Crippen LogP contribution is 2.36. The molecular weight excluding hydrogens is 372 g/mol. The summed E-state index contributed by atoms with van der Waals surface area (Å²) in [5, 5.41) is 0.00264. The molecule has 2 saturated heterocycles. The van der Waals surface area contributed by atoms with Crippen LogP contribution in [0.25, 0.3) is 0 Å². The highest BCUT2D eigenvalue weighted by atomic mass is 32.2. The Hall–Kier alpha value is -2.53. The van der Waals surface area contributed by atoms with E-state index in [1.807, 2.05) is 0 Å². The number of hydrogen-bond donors (Lipinski definition) is 0. The number of likely N-dealkylation sites (tertiary alicyclic amines) is 1. The average Bonchev–Trinajstić information content (AvgIpc) is 3.29. The molecule has 0 unspecified atom stereocenters. The fourth-order valence-electron chi connectivity index (χ4n) is 3.65. The lowest BCUT2D eigenvalue weighted by atomic mass is 10.0. The van der Waals surface area contributed by atoms with E-state index in [9.17, 15) is 13.2 Å². The van der Waals surface area contributed by atoms with Gasteiger partial charge in [-0.15, -0.1) is 0 Å². The number of likely N-dealkylation sites (N-methyl/N-ethyl adjacent to an activating group) is 1. The molecule has 2 aromatic heterocycles. The summed E-state index contributed by atoms with van der Waals surface area (Å²) >= 11 is 0. The number of nitrogens with zero attached hydrogens (tertiary/aromatic N) is 6. The Morgan fingerprint density at radius 3 is 2.67 bits per heavy atom. The molecule has 4 rings (SSSR count). The summed E-state index contributed by atoms with van der Waals surface area (Å²) in [6, 6.07) is 1.34. The first kappa shape index (κ1) is 17.9. The van der Waals surface area contributed by atoms with Crippen LogP contribution < -0.4 is 4.74 Å². The number of aryl methyl sites for hydroxylation is 2. The van der Waals surface area contributed by atoms with Gasteiger partial charge in [0.2, 0.25) is 5.88 Å². The fourth-order valence-corrected chi connectivity index (χ4v) is 5.11. The molecule has 1 amide bonds. The first-order valence-electron chi connectivity index (χ1n) is 8.48. The van der Waals surface area contributed by atoms with Crippen molar-refractivity contribution in [1.82, 2.24) is 28.7 Å². The van der Waals surface area contributed by atoms with Gasteiger partial charge in [0.1, 0.15) is 5.82 Å². The lowest BCUT2D eigenvalue weighted by Crippen LogP contribution is -2.40. The van der Waals surface area contributed by atoms with Crippen LogP contribution in [0.5, 0.6) is 5.88 Å². The zero-order chi connectivity index (χ0) is 19.3. The second kappa shape index (κ2) is 6.27. The number of fused-ring (bicyclic) bond motifs is 1. The second-order valence-electron chi connectivity index (χ2n) is 6.86. The predicted molar refractivity (Wildman–Crippen MR) is 93.2 cm³/mol. The maximum absolute atomic E-state index is 12.9. The quantitative estimate of drug-likeness (QED) is 0.685. The third kappa shape index (κ3) is 2.96. The van der Waals surface area contributed by atoms with Gasteiger partial charge in [0, 0.05) is 51.6 Å². The molecule has 144 valence electrons. The van der Waals surface area contributed by atoms with Gasteiger partial charge in [0.25, 0.3) is 15.9 Å². The molecule has 0 aromatic carbocycles. The molecule has 0 radical (unpaired) electrons. The molecule has 0 spiro atoms. The monoisotopic (exact) mass is 392 g/mol. The van der Waals surface area contributed by atoms with Crippen LogP contribution in [0.2, 0.25) is 0 Å². The van der Waals surface area contributed by atoms with Crippen molar-refractivity contribution in [2.24, 2.45) is 13.0 Å². The van der Waals surface area contributed by atoms with E-state index in [4.69, 9.17) is 4.74 Å². The van der Waals surface area contributed by atoms with Crippen LogP contribution in [0.1, 0.15) is 5.82 Å². The summed E-state index contributed by atoms with van der Waals surface area (Å²) in [5.74, 6) is 0.391. The van der Waals surface area contributed by atoms with Crippen molar-refractivity contribution in [2.45, 2.75) is 24.1 Å². The Morgan fingerprint density at radius 1 is 1.22 bits per heavy atom. The van der Waals surface area contributed by atoms with E-state index in [0.29, 0.717) is 11.7 Å². The van der Waals surface area contributed by atoms with E-state index in [1.54, 1.807) is 42.7 Å². The van der Waals surface area contributed by atoms with Crippen molar-refractivity contribution < 1.29 is 17.9 Å². The number of rotatable bonds is 4. The zero-order valence-corrected chi connectivity index (χ0v) is 16.0. The molecule has 2 aromatic rings. The number of amides is 1. The lowest BCUT2D eigenvalue weighted by molar-refractivity contribution is -0.133. The molecule has 2 aliphatic heterocycles. The summed E-state index contributed by atoms with van der Waals surface area (Å²) in [4.78, 5) is 26.3. The van der Waals surface area contributed by atoms with Crippen molar-refractivity contribution in [3.63, 3.8) is 0 Å². The molecule has 2 fully saturated rings. The van der Waals surface area contributed by atoms with Gasteiger partial charge in [-0.25, -0.2) is 18.4 Å². The van der Waals surface area contributed by atoms with Crippen molar-refractivity contribution in [3.8, 4) is 5.88 Å².